The van der Waals surface area contributed by atoms with Gasteiger partial charge in [0, 0.05) is 20.1 Å². The highest BCUT2D eigenvalue weighted by Crippen LogP contribution is 2.17. The van der Waals surface area contributed by atoms with Gasteiger partial charge in [-0.2, -0.15) is 0 Å². The van der Waals surface area contributed by atoms with Gasteiger partial charge in [-0.3, -0.25) is 0 Å². The molecule has 1 rings (SSSR count). The number of rotatable bonds is 6. The Morgan fingerprint density at radius 1 is 1.40 bits per heavy atom. The van der Waals surface area contributed by atoms with Crippen molar-refractivity contribution in [3.05, 3.63) is 0 Å². The van der Waals surface area contributed by atoms with Crippen LogP contribution in [-0.4, -0.2) is 44.0 Å². The van der Waals surface area contributed by atoms with E-state index < -0.39 is 0 Å². The van der Waals surface area contributed by atoms with E-state index >= 15 is 0 Å². The van der Waals surface area contributed by atoms with E-state index in [1.54, 1.807) is 14.0 Å². The molecule has 3 heteroatoms. The first-order valence-corrected chi connectivity index (χ1v) is 5.93. The summed E-state index contributed by atoms with van der Waals surface area (Å²) in [4.78, 5) is 13.3. The molecule has 1 fully saturated rings. The standard InChI is InChI=1S/C12H23NO2/c1-11(14)4-3-7-13-8-5-12(6-9-13)10-15-2/h12H,3-10H2,1-2H3. The SMILES string of the molecule is COCC1CCN(CCCC(C)=O)CC1. The zero-order chi connectivity index (χ0) is 11.1. The molecule has 88 valence electrons. The van der Waals surface area contributed by atoms with E-state index in [0.717, 1.165) is 31.9 Å². The van der Waals surface area contributed by atoms with Crippen LogP contribution in [0.5, 0.6) is 0 Å². The van der Waals surface area contributed by atoms with E-state index in [1.165, 1.54) is 25.9 Å². The highest BCUT2D eigenvalue weighted by molar-refractivity contribution is 5.75. The Morgan fingerprint density at radius 2 is 2.07 bits per heavy atom. The molecule has 0 bridgehead atoms. The second kappa shape index (κ2) is 6.96. The molecule has 1 saturated heterocycles. The molecule has 0 unspecified atom stereocenters. The quantitative estimate of drug-likeness (QED) is 0.673. The van der Waals surface area contributed by atoms with Crippen LogP contribution in [0, 0.1) is 5.92 Å². The summed E-state index contributed by atoms with van der Waals surface area (Å²) in [6.45, 7) is 6.00. The highest BCUT2D eigenvalue weighted by atomic mass is 16.5. The number of ether oxygens (including phenoxy) is 1. The zero-order valence-electron chi connectivity index (χ0n) is 10.00. The van der Waals surface area contributed by atoms with Crippen LogP contribution in [0.2, 0.25) is 0 Å². The lowest BCUT2D eigenvalue weighted by Gasteiger charge is -2.31. The smallest absolute Gasteiger partial charge is 0.129 e. The van der Waals surface area contributed by atoms with Crippen LogP contribution in [0.1, 0.15) is 32.6 Å². The van der Waals surface area contributed by atoms with Crippen molar-refractivity contribution in [3.8, 4) is 0 Å². The average molecular weight is 213 g/mol. The lowest BCUT2D eigenvalue weighted by atomic mass is 9.97. The number of ketones is 1. The largest absolute Gasteiger partial charge is 0.384 e. The third-order valence-corrected chi connectivity index (χ3v) is 3.11. The summed E-state index contributed by atoms with van der Waals surface area (Å²) in [6, 6.07) is 0. The minimum absolute atomic E-state index is 0.310. The fourth-order valence-electron chi connectivity index (χ4n) is 2.16. The summed E-state index contributed by atoms with van der Waals surface area (Å²) >= 11 is 0. The summed E-state index contributed by atoms with van der Waals surface area (Å²) in [6.07, 6.45) is 4.24. The van der Waals surface area contributed by atoms with Gasteiger partial charge in [0.15, 0.2) is 0 Å². The molecule has 0 aromatic heterocycles. The normalized spacial score (nSPS) is 19.3. The van der Waals surface area contributed by atoms with Gasteiger partial charge in [-0.15, -0.1) is 0 Å². The summed E-state index contributed by atoms with van der Waals surface area (Å²) in [5.74, 6) is 1.06. The number of carbonyl (C=O) groups excluding carboxylic acids is 1. The van der Waals surface area contributed by atoms with Crippen molar-refractivity contribution in [3.63, 3.8) is 0 Å². The lowest BCUT2D eigenvalue weighted by molar-refractivity contribution is -0.117. The van der Waals surface area contributed by atoms with E-state index in [2.05, 4.69) is 4.90 Å². The fourth-order valence-corrected chi connectivity index (χ4v) is 2.16. The van der Waals surface area contributed by atoms with E-state index in [0.29, 0.717) is 5.78 Å². The number of Topliss-reactive ketones (excluding diaryl/α,β-unsaturated/α-hetero) is 1. The zero-order valence-corrected chi connectivity index (χ0v) is 10.00. The summed E-state index contributed by atoms with van der Waals surface area (Å²) < 4.78 is 5.17. The van der Waals surface area contributed by atoms with Crippen LogP contribution < -0.4 is 0 Å². The van der Waals surface area contributed by atoms with E-state index in [-0.39, 0.29) is 0 Å². The fraction of sp³-hybridized carbons (Fsp3) is 0.917. The predicted octanol–water partition coefficient (Wildman–Crippen LogP) is 1.71. The van der Waals surface area contributed by atoms with Crippen LogP contribution in [0.3, 0.4) is 0 Å². The number of hydrogen-bond acceptors (Lipinski definition) is 3. The Bertz CT molecular complexity index is 186. The third kappa shape index (κ3) is 5.28. The predicted molar refractivity (Wildman–Crippen MR) is 61.0 cm³/mol. The first kappa shape index (κ1) is 12.7. The number of nitrogens with zero attached hydrogens (tertiary/aromatic N) is 1. The van der Waals surface area contributed by atoms with Gasteiger partial charge in [-0.25, -0.2) is 0 Å². The van der Waals surface area contributed by atoms with Gasteiger partial charge in [0.1, 0.15) is 5.78 Å². The van der Waals surface area contributed by atoms with Crippen LogP contribution in [0.15, 0.2) is 0 Å². The van der Waals surface area contributed by atoms with Gasteiger partial charge in [-0.05, 0) is 51.7 Å². The summed E-state index contributed by atoms with van der Waals surface area (Å²) in [7, 11) is 1.78. The van der Waals surface area contributed by atoms with Crippen molar-refractivity contribution in [2.75, 3.05) is 33.4 Å². The van der Waals surface area contributed by atoms with Gasteiger partial charge in [0.25, 0.3) is 0 Å². The molecule has 0 atom stereocenters. The molecule has 15 heavy (non-hydrogen) atoms. The van der Waals surface area contributed by atoms with Crippen molar-refractivity contribution in [1.29, 1.82) is 0 Å². The lowest BCUT2D eigenvalue weighted by Crippen LogP contribution is -2.35. The number of hydrogen-bond donors (Lipinski definition) is 0. The molecule has 1 heterocycles. The van der Waals surface area contributed by atoms with Gasteiger partial charge in [0.05, 0.1) is 0 Å². The Labute approximate surface area is 92.8 Å². The first-order chi connectivity index (χ1) is 7.22. The first-order valence-electron chi connectivity index (χ1n) is 5.93. The van der Waals surface area contributed by atoms with Crippen molar-refractivity contribution in [2.45, 2.75) is 32.6 Å². The van der Waals surface area contributed by atoms with Crippen LogP contribution in [0.4, 0.5) is 0 Å². The van der Waals surface area contributed by atoms with Crippen LogP contribution in [0.25, 0.3) is 0 Å². The van der Waals surface area contributed by atoms with Crippen LogP contribution >= 0.6 is 0 Å². The monoisotopic (exact) mass is 213 g/mol. The maximum Gasteiger partial charge on any atom is 0.129 e. The second-order valence-corrected chi connectivity index (χ2v) is 4.55. The maximum atomic E-state index is 10.8. The molecule has 0 radical (unpaired) electrons. The number of likely N-dealkylation sites (tertiary alicyclic amines) is 1. The molecule has 3 nitrogen and oxygen atoms in total. The summed E-state index contributed by atoms with van der Waals surface area (Å²) in [5.41, 5.74) is 0. The molecule has 0 saturated carbocycles. The topological polar surface area (TPSA) is 29.5 Å². The second-order valence-electron chi connectivity index (χ2n) is 4.55. The van der Waals surface area contributed by atoms with Gasteiger partial charge in [-0.1, -0.05) is 0 Å². The van der Waals surface area contributed by atoms with Crippen molar-refractivity contribution < 1.29 is 9.53 Å². The van der Waals surface area contributed by atoms with Crippen LogP contribution in [-0.2, 0) is 9.53 Å². The molecule has 0 spiro atoms. The molecule has 0 amide bonds. The van der Waals surface area contributed by atoms with Gasteiger partial charge < -0.3 is 14.4 Å². The molecule has 0 aromatic carbocycles. The Kier molecular flexibility index (Phi) is 5.88. The van der Waals surface area contributed by atoms with E-state index in [1.807, 2.05) is 0 Å². The summed E-state index contributed by atoms with van der Waals surface area (Å²) in [5, 5.41) is 0. The molecule has 0 aliphatic carbocycles. The minimum atomic E-state index is 0.310. The van der Waals surface area contributed by atoms with Crippen molar-refractivity contribution in [2.24, 2.45) is 5.92 Å². The third-order valence-electron chi connectivity index (χ3n) is 3.11. The van der Waals surface area contributed by atoms with Gasteiger partial charge in [0.2, 0.25) is 0 Å². The minimum Gasteiger partial charge on any atom is -0.384 e. The Morgan fingerprint density at radius 3 is 2.60 bits per heavy atom. The molecular weight excluding hydrogens is 190 g/mol. The molecule has 1 aliphatic rings. The van der Waals surface area contributed by atoms with E-state index in [9.17, 15) is 4.79 Å². The molecule has 0 aromatic rings. The number of piperidine rings is 1. The maximum absolute atomic E-state index is 10.8. The average Bonchev–Trinajstić information content (AvgIpc) is 2.20. The van der Waals surface area contributed by atoms with Crippen molar-refractivity contribution >= 4 is 5.78 Å². The highest BCUT2D eigenvalue weighted by Gasteiger charge is 2.18. The Hall–Kier alpha value is -0.410. The number of carbonyl (C=O) groups is 1. The van der Waals surface area contributed by atoms with E-state index in [4.69, 9.17) is 4.74 Å². The van der Waals surface area contributed by atoms with Gasteiger partial charge >= 0.3 is 0 Å². The number of methoxy groups -OCH3 is 1. The molecule has 1 aliphatic heterocycles. The molecule has 0 N–H and O–H groups in total. The Balaban J connectivity index is 2.06. The molecular formula is C12H23NO2. The van der Waals surface area contributed by atoms with Crippen molar-refractivity contribution in [1.82, 2.24) is 4.90 Å².